The van der Waals surface area contributed by atoms with Crippen LogP contribution < -0.4 is 10.1 Å². The average Bonchev–Trinajstić information content (AvgIpc) is 2.99. The van der Waals surface area contributed by atoms with Gasteiger partial charge in [0.1, 0.15) is 5.75 Å². The van der Waals surface area contributed by atoms with E-state index < -0.39 is 43.1 Å². The number of anilines is 1. The van der Waals surface area contributed by atoms with E-state index in [9.17, 15) is 22.8 Å². The van der Waals surface area contributed by atoms with Crippen molar-refractivity contribution in [3.05, 3.63) is 24.3 Å². The van der Waals surface area contributed by atoms with Gasteiger partial charge in [0.15, 0.2) is 0 Å². The monoisotopic (exact) mass is 360 g/mol. The van der Waals surface area contributed by atoms with Crippen molar-refractivity contribution < 1.29 is 32.6 Å². The second-order valence-electron chi connectivity index (χ2n) is 5.80. The van der Waals surface area contributed by atoms with E-state index in [1.807, 2.05) is 6.92 Å². The number of urea groups is 1. The molecule has 0 aromatic heterocycles. The van der Waals surface area contributed by atoms with Crippen LogP contribution in [0.2, 0.25) is 0 Å². The molecule has 25 heavy (non-hydrogen) atoms. The minimum atomic E-state index is -4.67. The van der Waals surface area contributed by atoms with Crippen LogP contribution in [0.4, 0.5) is 23.7 Å². The first kappa shape index (κ1) is 18.9. The van der Waals surface area contributed by atoms with E-state index in [-0.39, 0.29) is 0 Å². The van der Waals surface area contributed by atoms with E-state index in [0.29, 0.717) is 18.0 Å². The zero-order valence-electron chi connectivity index (χ0n) is 13.5. The zero-order chi connectivity index (χ0) is 18.6. The Labute approximate surface area is 142 Å². The van der Waals surface area contributed by atoms with Crippen LogP contribution in [-0.4, -0.2) is 47.9 Å². The standard InChI is InChI=1S/C16H19F3N2O4/c1-2-6-25-11-5-3-4-10(7-11)20-15(24)21-8-12(14(22)23)13(9-21)16(17,18)19/h3-5,7,12-13H,2,6,8-9H2,1H3,(H,20,24)(H,22,23)/t12-,13-/m1/s1. The summed E-state index contributed by atoms with van der Waals surface area (Å²) >= 11 is 0. The molecule has 0 saturated carbocycles. The van der Waals surface area contributed by atoms with Crippen LogP contribution >= 0.6 is 0 Å². The van der Waals surface area contributed by atoms with Gasteiger partial charge in [-0.1, -0.05) is 13.0 Å². The summed E-state index contributed by atoms with van der Waals surface area (Å²) in [5.74, 6) is -4.77. The van der Waals surface area contributed by atoms with Crippen LogP contribution in [-0.2, 0) is 4.79 Å². The number of benzene rings is 1. The van der Waals surface area contributed by atoms with Crippen LogP contribution in [0.1, 0.15) is 13.3 Å². The highest BCUT2D eigenvalue weighted by Crippen LogP contribution is 2.37. The molecule has 9 heteroatoms. The summed E-state index contributed by atoms with van der Waals surface area (Å²) in [6, 6.07) is 5.69. The minimum absolute atomic E-state index is 0.362. The summed E-state index contributed by atoms with van der Waals surface area (Å²) < 4.78 is 44.3. The molecule has 0 spiro atoms. The van der Waals surface area contributed by atoms with Crippen molar-refractivity contribution in [1.29, 1.82) is 0 Å². The summed E-state index contributed by atoms with van der Waals surface area (Å²) in [7, 11) is 0. The number of nitrogens with one attached hydrogen (secondary N) is 1. The van der Waals surface area contributed by atoms with Crippen LogP contribution in [0, 0.1) is 11.8 Å². The fourth-order valence-electron chi connectivity index (χ4n) is 2.64. The predicted molar refractivity (Wildman–Crippen MR) is 83.5 cm³/mol. The van der Waals surface area contributed by atoms with E-state index in [4.69, 9.17) is 9.84 Å². The van der Waals surface area contributed by atoms with Gasteiger partial charge in [-0.15, -0.1) is 0 Å². The van der Waals surface area contributed by atoms with Crippen molar-refractivity contribution >= 4 is 17.7 Å². The number of hydrogen-bond acceptors (Lipinski definition) is 3. The molecule has 0 radical (unpaired) electrons. The molecular weight excluding hydrogens is 341 g/mol. The number of carbonyl (C=O) groups excluding carboxylic acids is 1. The number of nitrogens with zero attached hydrogens (tertiary/aromatic N) is 1. The summed E-state index contributed by atoms with van der Waals surface area (Å²) in [6.45, 7) is 1.27. The third kappa shape index (κ3) is 4.77. The molecule has 2 rings (SSSR count). The number of rotatable bonds is 5. The fourth-order valence-corrected chi connectivity index (χ4v) is 2.64. The van der Waals surface area contributed by atoms with Crippen LogP contribution in [0.25, 0.3) is 0 Å². The molecule has 0 bridgehead atoms. The Kier molecular flexibility index (Phi) is 5.76. The summed E-state index contributed by atoms with van der Waals surface area (Å²) in [4.78, 5) is 24.1. The number of halogens is 3. The number of alkyl halides is 3. The largest absolute Gasteiger partial charge is 0.494 e. The molecule has 2 N–H and O–H groups in total. The van der Waals surface area contributed by atoms with Gasteiger partial charge in [0.05, 0.1) is 18.4 Å². The van der Waals surface area contributed by atoms with Gasteiger partial charge >= 0.3 is 18.2 Å². The average molecular weight is 360 g/mol. The zero-order valence-corrected chi connectivity index (χ0v) is 13.5. The van der Waals surface area contributed by atoms with Crippen molar-refractivity contribution in [2.45, 2.75) is 19.5 Å². The van der Waals surface area contributed by atoms with Crippen molar-refractivity contribution in [3.63, 3.8) is 0 Å². The molecule has 6 nitrogen and oxygen atoms in total. The number of hydrogen-bond donors (Lipinski definition) is 2. The van der Waals surface area contributed by atoms with Crippen molar-refractivity contribution in [2.24, 2.45) is 11.8 Å². The Hall–Kier alpha value is -2.45. The van der Waals surface area contributed by atoms with Gasteiger partial charge in [0, 0.05) is 24.8 Å². The Morgan fingerprint density at radius 2 is 2.08 bits per heavy atom. The Morgan fingerprint density at radius 1 is 1.36 bits per heavy atom. The van der Waals surface area contributed by atoms with Crippen molar-refractivity contribution in [2.75, 3.05) is 25.0 Å². The molecule has 1 heterocycles. The smallest absolute Gasteiger partial charge is 0.394 e. The first-order chi connectivity index (χ1) is 11.7. The lowest BCUT2D eigenvalue weighted by atomic mass is 9.96. The Bertz CT molecular complexity index is 636. The van der Waals surface area contributed by atoms with Crippen LogP contribution in [0.15, 0.2) is 24.3 Å². The number of likely N-dealkylation sites (tertiary alicyclic amines) is 1. The van der Waals surface area contributed by atoms with Crippen molar-refractivity contribution in [1.82, 2.24) is 4.90 Å². The van der Waals surface area contributed by atoms with Gasteiger partial charge in [-0.3, -0.25) is 4.79 Å². The number of aliphatic carboxylic acids is 1. The molecule has 1 aliphatic rings. The molecule has 2 amide bonds. The van der Waals surface area contributed by atoms with Gasteiger partial charge in [0.25, 0.3) is 0 Å². The van der Waals surface area contributed by atoms with Gasteiger partial charge in [0.2, 0.25) is 0 Å². The van der Waals surface area contributed by atoms with E-state index in [1.54, 1.807) is 24.3 Å². The van der Waals surface area contributed by atoms with Gasteiger partial charge in [-0.25, -0.2) is 4.79 Å². The van der Waals surface area contributed by atoms with E-state index >= 15 is 0 Å². The number of carboxylic acids is 1. The van der Waals surface area contributed by atoms with E-state index in [1.165, 1.54) is 0 Å². The third-order valence-corrected chi connectivity index (χ3v) is 3.90. The molecule has 1 aliphatic heterocycles. The molecular formula is C16H19F3N2O4. The molecule has 1 aromatic rings. The van der Waals surface area contributed by atoms with Gasteiger partial charge in [-0.05, 0) is 18.6 Å². The van der Waals surface area contributed by atoms with Crippen LogP contribution in [0.3, 0.4) is 0 Å². The normalized spacial score (nSPS) is 20.4. The number of ether oxygens (including phenoxy) is 1. The maximum absolute atomic E-state index is 13.0. The molecule has 2 atom stereocenters. The maximum atomic E-state index is 13.0. The highest BCUT2D eigenvalue weighted by Gasteiger charge is 2.53. The highest BCUT2D eigenvalue weighted by molar-refractivity contribution is 5.90. The van der Waals surface area contributed by atoms with E-state index in [0.717, 1.165) is 11.3 Å². The van der Waals surface area contributed by atoms with Gasteiger partial charge in [-0.2, -0.15) is 13.2 Å². The maximum Gasteiger partial charge on any atom is 0.394 e. The third-order valence-electron chi connectivity index (χ3n) is 3.90. The number of carboxylic acid groups (broad SMARTS) is 1. The summed E-state index contributed by atoms with van der Waals surface area (Å²) in [5.41, 5.74) is 0.362. The molecule has 138 valence electrons. The lowest BCUT2D eigenvalue weighted by Gasteiger charge is -2.19. The molecule has 1 fully saturated rings. The first-order valence-electron chi connectivity index (χ1n) is 7.80. The molecule has 1 aromatic carbocycles. The highest BCUT2D eigenvalue weighted by atomic mass is 19.4. The second kappa shape index (κ2) is 7.62. The van der Waals surface area contributed by atoms with Crippen LogP contribution in [0.5, 0.6) is 5.75 Å². The topological polar surface area (TPSA) is 78.9 Å². The Morgan fingerprint density at radius 3 is 2.64 bits per heavy atom. The number of carbonyl (C=O) groups is 2. The molecule has 0 unspecified atom stereocenters. The second-order valence-corrected chi connectivity index (χ2v) is 5.80. The Balaban J connectivity index is 2.05. The molecule has 0 aliphatic carbocycles. The molecule has 1 saturated heterocycles. The first-order valence-corrected chi connectivity index (χ1v) is 7.80. The lowest BCUT2D eigenvalue weighted by molar-refractivity contribution is -0.187. The SMILES string of the molecule is CCCOc1cccc(NC(=O)N2C[C@@H](C(F)(F)F)[C@H](C(=O)O)C2)c1. The van der Waals surface area contributed by atoms with E-state index in [2.05, 4.69) is 5.32 Å². The summed E-state index contributed by atoms with van der Waals surface area (Å²) in [5, 5.41) is 11.5. The quantitative estimate of drug-likeness (QED) is 0.845. The van der Waals surface area contributed by atoms with Crippen molar-refractivity contribution in [3.8, 4) is 5.75 Å². The minimum Gasteiger partial charge on any atom is -0.494 e. The summed E-state index contributed by atoms with van der Waals surface area (Å²) in [6.07, 6.45) is -3.87. The predicted octanol–water partition coefficient (Wildman–Crippen LogP) is 3.20. The lowest BCUT2D eigenvalue weighted by Crippen LogP contribution is -2.35. The number of amides is 2. The fraction of sp³-hybridized carbons (Fsp3) is 0.500. The van der Waals surface area contributed by atoms with Gasteiger partial charge < -0.3 is 20.1 Å².